The van der Waals surface area contributed by atoms with Crippen molar-refractivity contribution in [3.63, 3.8) is 0 Å². The van der Waals surface area contributed by atoms with Crippen LogP contribution in [0, 0.1) is 6.92 Å². The number of rotatable bonds is 5. The number of alkyl halides is 2. The molecule has 154 valence electrons. The smallest absolute Gasteiger partial charge is 0.264 e. The van der Waals surface area contributed by atoms with Crippen LogP contribution in [0.5, 0.6) is 0 Å². The Labute approximate surface area is 174 Å². The summed E-state index contributed by atoms with van der Waals surface area (Å²) in [5.41, 5.74) is 1.28. The number of halogens is 3. The molecular weight excluding hydrogens is 416 g/mol. The molecule has 1 amide bonds. The van der Waals surface area contributed by atoms with Crippen molar-refractivity contribution in [2.24, 2.45) is 7.05 Å². The number of carbonyl (C=O) groups excluding carboxylic acids is 1. The number of aromatic nitrogens is 6. The zero-order valence-electron chi connectivity index (χ0n) is 16.0. The van der Waals surface area contributed by atoms with Gasteiger partial charge < -0.3 is 5.32 Å². The maximum absolute atomic E-state index is 13.8. The highest BCUT2D eigenvalue weighted by Gasteiger charge is 2.22. The Hall–Kier alpha value is -3.40. The summed E-state index contributed by atoms with van der Waals surface area (Å²) >= 11 is 5.79. The van der Waals surface area contributed by atoms with Gasteiger partial charge in [-0.15, -0.1) is 0 Å². The molecule has 0 saturated heterocycles. The summed E-state index contributed by atoms with van der Waals surface area (Å²) in [5.74, 6) is -0.115. The summed E-state index contributed by atoms with van der Waals surface area (Å²) in [4.78, 5) is 21.0. The molecular formula is C19H16ClF2N7O. The van der Waals surface area contributed by atoms with Crippen LogP contribution in [0.3, 0.4) is 0 Å². The molecule has 0 aliphatic carbocycles. The Bertz CT molecular complexity index is 1230. The van der Waals surface area contributed by atoms with Gasteiger partial charge in [0.2, 0.25) is 5.91 Å². The highest BCUT2D eigenvalue weighted by molar-refractivity contribution is 6.30. The number of pyridine rings is 2. The molecule has 4 heterocycles. The quantitative estimate of drug-likeness (QED) is 0.519. The van der Waals surface area contributed by atoms with Gasteiger partial charge in [-0.1, -0.05) is 11.6 Å². The molecule has 8 nitrogen and oxygen atoms in total. The molecule has 0 spiro atoms. The van der Waals surface area contributed by atoms with Crippen LogP contribution in [0.1, 0.15) is 17.7 Å². The van der Waals surface area contributed by atoms with Crippen LogP contribution in [0.4, 0.5) is 14.6 Å². The highest BCUT2D eigenvalue weighted by atomic mass is 35.5. The molecule has 0 atom stereocenters. The predicted molar refractivity (Wildman–Crippen MR) is 107 cm³/mol. The Morgan fingerprint density at radius 1 is 1.30 bits per heavy atom. The van der Waals surface area contributed by atoms with Crippen LogP contribution in [-0.4, -0.2) is 35.4 Å². The molecule has 11 heteroatoms. The fourth-order valence-electron chi connectivity index (χ4n) is 3.14. The third-order valence-corrected chi connectivity index (χ3v) is 4.66. The molecule has 0 radical (unpaired) electrons. The number of anilines is 1. The van der Waals surface area contributed by atoms with Crippen LogP contribution in [0.25, 0.3) is 22.3 Å². The molecule has 0 saturated carbocycles. The molecule has 0 bridgehead atoms. The van der Waals surface area contributed by atoms with Crippen molar-refractivity contribution in [3.8, 4) is 11.3 Å². The van der Waals surface area contributed by atoms with Gasteiger partial charge in [-0.3, -0.25) is 9.48 Å². The fraction of sp³-hybridized carbons (Fsp3) is 0.211. The van der Waals surface area contributed by atoms with Gasteiger partial charge in [-0.25, -0.2) is 23.4 Å². The van der Waals surface area contributed by atoms with Crippen LogP contribution >= 0.6 is 11.6 Å². The number of amides is 1. The minimum atomic E-state index is -2.73. The normalized spacial score (nSPS) is 11.4. The summed E-state index contributed by atoms with van der Waals surface area (Å²) in [7, 11) is 1.72. The van der Waals surface area contributed by atoms with E-state index < -0.39 is 12.3 Å². The van der Waals surface area contributed by atoms with Crippen molar-refractivity contribution in [1.29, 1.82) is 0 Å². The third kappa shape index (κ3) is 3.86. The van der Waals surface area contributed by atoms with Gasteiger partial charge in [0.1, 0.15) is 12.4 Å². The van der Waals surface area contributed by atoms with Gasteiger partial charge in [0.05, 0.1) is 28.0 Å². The van der Waals surface area contributed by atoms with E-state index in [9.17, 15) is 13.6 Å². The fourth-order valence-corrected chi connectivity index (χ4v) is 3.25. The first kappa shape index (κ1) is 19.9. The number of carbonyl (C=O) groups is 1. The van der Waals surface area contributed by atoms with Crippen LogP contribution in [0.2, 0.25) is 5.02 Å². The van der Waals surface area contributed by atoms with Crippen molar-refractivity contribution in [2.75, 3.05) is 5.32 Å². The molecule has 0 aliphatic heterocycles. The summed E-state index contributed by atoms with van der Waals surface area (Å²) in [5, 5.41) is 11.6. The number of hydrogen-bond acceptors (Lipinski definition) is 5. The topological polar surface area (TPSA) is 90.5 Å². The summed E-state index contributed by atoms with van der Waals surface area (Å²) in [6, 6.07) is 4.48. The first-order valence-electron chi connectivity index (χ1n) is 8.88. The second-order valence-corrected chi connectivity index (χ2v) is 7.09. The van der Waals surface area contributed by atoms with E-state index in [1.807, 2.05) is 0 Å². The zero-order chi connectivity index (χ0) is 21.4. The largest absolute Gasteiger partial charge is 0.309 e. The van der Waals surface area contributed by atoms with E-state index in [1.165, 1.54) is 23.1 Å². The van der Waals surface area contributed by atoms with Crippen molar-refractivity contribution < 1.29 is 13.6 Å². The van der Waals surface area contributed by atoms with Gasteiger partial charge >= 0.3 is 0 Å². The summed E-state index contributed by atoms with van der Waals surface area (Å²) in [6.07, 6.45) is 1.89. The Kier molecular flexibility index (Phi) is 5.17. The lowest BCUT2D eigenvalue weighted by Crippen LogP contribution is -2.20. The molecule has 1 N–H and O–H groups in total. The van der Waals surface area contributed by atoms with Crippen LogP contribution < -0.4 is 5.32 Å². The first-order valence-corrected chi connectivity index (χ1v) is 9.26. The Morgan fingerprint density at radius 3 is 2.73 bits per heavy atom. The molecule has 30 heavy (non-hydrogen) atoms. The minimum absolute atomic E-state index is 0.192. The average molecular weight is 432 g/mol. The van der Waals surface area contributed by atoms with Gasteiger partial charge in [-0.2, -0.15) is 10.2 Å². The molecule has 4 aromatic heterocycles. The van der Waals surface area contributed by atoms with Gasteiger partial charge in [0, 0.05) is 30.6 Å². The van der Waals surface area contributed by atoms with E-state index in [1.54, 1.807) is 37.0 Å². The molecule has 4 aromatic rings. The number of aryl methyl sites for hydroxylation is 2. The number of fused-ring (bicyclic) bond motifs is 1. The predicted octanol–water partition coefficient (Wildman–Crippen LogP) is 3.76. The Morgan fingerprint density at radius 2 is 2.10 bits per heavy atom. The third-order valence-electron chi connectivity index (χ3n) is 4.43. The van der Waals surface area contributed by atoms with E-state index in [-0.39, 0.29) is 23.1 Å². The monoisotopic (exact) mass is 431 g/mol. The first-order chi connectivity index (χ1) is 14.3. The molecule has 0 fully saturated rings. The lowest BCUT2D eigenvalue weighted by Gasteiger charge is -2.08. The summed E-state index contributed by atoms with van der Waals surface area (Å²) in [6.45, 7) is 1.38. The highest BCUT2D eigenvalue weighted by Crippen LogP contribution is 2.32. The van der Waals surface area contributed by atoms with Gasteiger partial charge in [-0.05, 0) is 25.1 Å². The molecule has 0 aromatic carbocycles. The van der Waals surface area contributed by atoms with E-state index in [0.29, 0.717) is 27.8 Å². The summed E-state index contributed by atoms with van der Waals surface area (Å²) < 4.78 is 30.4. The van der Waals surface area contributed by atoms with Gasteiger partial charge in [0.15, 0.2) is 5.65 Å². The lowest BCUT2D eigenvalue weighted by molar-refractivity contribution is -0.116. The van der Waals surface area contributed by atoms with Crippen LogP contribution in [-0.2, 0) is 18.4 Å². The molecule has 0 unspecified atom stereocenters. The molecule has 0 aliphatic rings. The second-order valence-electron chi connectivity index (χ2n) is 6.65. The Balaban J connectivity index is 1.73. The maximum Gasteiger partial charge on any atom is 0.264 e. The standard InChI is InChI=1S/C19H16ClF2N7O/c1-10-17-13(18(21)22)5-14(11-6-24-28(2)8-11)25-19(17)29(27-10)9-16(30)26-15-4-3-12(20)7-23-15/h3-8,18H,9H2,1-2H3,(H,23,26,30). The lowest BCUT2D eigenvalue weighted by atomic mass is 10.1. The van der Waals surface area contributed by atoms with Crippen molar-refractivity contribution in [3.05, 3.63) is 53.1 Å². The zero-order valence-corrected chi connectivity index (χ0v) is 16.7. The SMILES string of the molecule is Cc1nn(CC(=O)Nc2ccc(Cl)cn2)c2nc(-c3cnn(C)c3)cc(C(F)F)c12. The van der Waals surface area contributed by atoms with Gasteiger partial charge in [0.25, 0.3) is 6.43 Å². The van der Waals surface area contributed by atoms with Crippen molar-refractivity contribution in [1.82, 2.24) is 29.5 Å². The van der Waals surface area contributed by atoms with E-state index in [2.05, 4.69) is 25.5 Å². The maximum atomic E-state index is 13.8. The van der Waals surface area contributed by atoms with E-state index in [4.69, 9.17) is 11.6 Å². The number of nitrogens with one attached hydrogen (secondary N) is 1. The average Bonchev–Trinajstić information content (AvgIpc) is 3.26. The van der Waals surface area contributed by atoms with Crippen LogP contribution in [0.15, 0.2) is 36.8 Å². The number of hydrogen-bond donors (Lipinski definition) is 1. The van der Waals surface area contributed by atoms with E-state index >= 15 is 0 Å². The number of nitrogens with zero attached hydrogens (tertiary/aromatic N) is 6. The molecule has 4 rings (SSSR count). The van der Waals surface area contributed by atoms with Crippen molar-refractivity contribution >= 4 is 34.4 Å². The minimum Gasteiger partial charge on any atom is -0.309 e. The second kappa shape index (κ2) is 7.79. The van der Waals surface area contributed by atoms with Crippen molar-refractivity contribution in [2.45, 2.75) is 19.9 Å². The van der Waals surface area contributed by atoms with E-state index in [0.717, 1.165) is 0 Å².